The monoisotopic (exact) mass is 382 g/mol. The standard InChI is InChI=1S/C21H23BrN2/c1-4-5-9-17-12-19(22)14-20(13-17)24-16(3)21(15(2)23-24)18-10-7-6-8-11-18/h6-8,10-14H,4-5,9H2,1-3H3. The molecule has 0 aliphatic heterocycles. The van der Waals surface area contributed by atoms with Crippen molar-refractivity contribution in [1.82, 2.24) is 9.78 Å². The molecule has 0 bridgehead atoms. The summed E-state index contributed by atoms with van der Waals surface area (Å²) in [6.45, 7) is 6.46. The first-order valence-electron chi connectivity index (χ1n) is 8.51. The molecule has 3 aromatic rings. The van der Waals surface area contributed by atoms with Crippen LogP contribution in [0.1, 0.15) is 36.7 Å². The maximum absolute atomic E-state index is 4.82. The molecule has 1 heterocycles. The Kier molecular flexibility index (Phi) is 5.20. The fourth-order valence-corrected chi connectivity index (χ4v) is 3.73. The van der Waals surface area contributed by atoms with Crippen molar-refractivity contribution in [1.29, 1.82) is 0 Å². The highest BCUT2D eigenvalue weighted by Crippen LogP contribution is 2.29. The molecule has 0 aliphatic carbocycles. The number of nitrogens with zero attached hydrogens (tertiary/aromatic N) is 2. The van der Waals surface area contributed by atoms with Crippen LogP contribution >= 0.6 is 15.9 Å². The van der Waals surface area contributed by atoms with Gasteiger partial charge in [0.25, 0.3) is 0 Å². The third-order valence-corrected chi connectivity index (χ3v) is 4.82. The molecule has 2 nitrogen and oxygen atoms in total. The molecule has 0 amide bonds. The third-order valence-electron chi connectivity index (χ3n) is 4.36. The summed E-state index contributed by atoms with van der Waals surface area (Å²) in [6, 6.07) is 17.1. The summed E-state index contributed by atoms with van der Waals surface area (Å²) in [4.78, 5) is 0. The molecule has 0 spiro atoms. The van der Waals surface area contributed by atoms with Crippen LogP contribution in [0.4, 0.5) is 0 Å². The zero-order chi connectivity index (χ0) is 17.1. The summed E-state index contributed by atoms with van der Waals surface area (Å²) in [5.74, 6) is 0. The van der Waals surface area contributed by atoms with Crippen LogP contribution in [0.2, 0.25) is 0 Å². The zero-order valence-corrected chi connectivity index (χ0v) is 16.1. The molecule has 0 aliphatic rings. The van der Waals surface area contributed by atoms with Gasteiger partial charge in [0.1, 0.15) is 0 Å². The van der Waals surface area contributed by atoms with E-state index in [0.717, 1.165) is 22.3 Å². The Labute approximate surface area is 152 Å². The SMILES string of the molecule is CCCCc1cc(Br)cc(-n2nc(C)c(-c3ccccc3)c2C)c1. The molecule has 3 rings (SSSR count). The summed E-state index contributed by atoms with van der Waals surface area (Å²) in [6.07, 6.45) is 3.52. The Morgan fingerprint density at radius 3 is 2.50 bits per heavy atom. The second-order valence-electron chi connectivity index (χ2n) is 6.24. The van der Waals surface area contributed by atoms with E-state index in [9.17, 15) is 0 Å². The van der Waals surface area contributed by atoms with E-state index in [0.29, 0.717) is 0 Å². The van der Waals surface area contributed by atoms with E-state index in [1.807, 2.05) is 6.07 Å². The van der Waals surface area contributed by atoms with Crippen LogP contribution in [0.5, 0.6) is 0 Å². The lowest BCUT2D eigenvalue weighted by molar-refractivity contribution is 0.788. The number of benzene rings is 2. The molecule has 0 atom stereocenters. The number of hydrogen-bond donors (Lipinski definition) is 0. The molecule has 0 N–H and O–H groups in total. The zero-order valence-electron chi connectivity index (χ0n) is 14.5. The average Bonchev–Trinajstić information content (AvgIpc) is 2.88. The molecular formula is C21H23BrN2. The van der Waals surface area contributed by atoms with Crippen molar-refractivity contribution in [2.75, 3.05) is 0 Å². The van der Waals surface area contributed by atoms with E-state index >= 15 is 0 Å². The first kappa shape index (κ1) is 17.0. The van der Waals surface area contributed by atoms with Gasteiger partial charge < -0.3 is 0 Å². The fourth-order valence-electron chi connectivity index (χ4n) is 3.20. The molecule has 0 saturated heterocycles. The van der Waals surface area contributed by atoms with Gasteiger partial charge in [-0.1, -0.05) is 59.6 Å². The molecule has 0 saturated carbocycles. The van der Waals surface area contributed by atoms with Gasteiger partial charge in [0.15, 0.2) is 0 Å². The Morgan fingerprint density at radius 2 is 1.79 bits per heavy atom. The van der Waals surface area contributed by atoms with Crippen LogP contribution in [0.25, 0.3) is 16.8 Å². The lowest BCUT2D eigenvalue weighted by atomic mass is 10.0. The fraction of sp³-hybridized carbons (Fsp3) is 0.286. The minimum absolute atomic E-state index is 1.06. The Bertz CT molecular complexity index is 835. The Hall–Kier alpha value is -1.87. The molecule has 24 heavy (non-hydrogen) atoms. The number of unbranched alkanes of at least 4 members (excludes halogenated alkanes) is 1. The summed E-state index contributed by atoms with van der Waals surface area (Å²) in [5.41, 5.74) is 7.17. The van der Waals surface area contributed by atoms with Gasteiger partial charge >= 0.3 is 0 Å². The lowest BCUT2D eigenvalue weighted by Crippen LogP contribution is -2.00. The number of aromatic nitrogens is 2. The van der Waals surface area contributed by atoms with Gasteiger partial charge in [0, 0.05) is 15.7 Å². The number of rotatable bonds is 5. The van der Waals surface area contributed by atoms with Crippen molar-refractivity contribution < 1.29 is 0 Å². The molecule has 1 aromatic heterocycles. The summed E-state index contributed by atoms with van der Waals surface area (Å²) in [7, 11) is 0. The van der Waals surface area contributed by atoms with Crippen LogP contribution in [-0.4, -0.2) is 9.78 Å². The topological polar surface area (TPSA) is 17.8 Å². The molecule has 0 fully saturated rings. The maximum Gasteiger partial charge on any atom is 0.0679 e. The van der Waals surface area contributed by atoms with Crippen LogP contribution in [-0.2, 0) is 6.42 Å². The van der Waals surface area contributed by atoms with Gasteiger partial charge in [0.2, 0.25) is 0 Å². The smallest absolute Gasteiger partial charge is 0.0679 e. The van der Waals surface area contributed by atoms with Crippen molar-refractivity contribution >= 4 is 15.9 Å². The highest BCUT2D eigenvalue weighted by atomic mass is 79.9. The first-order valence-corrected chi connectivity index (χ1v) is 9.31. The van der Waals surface area contributed by atoms with Crippen LogP contribution in [0.15, 0.2) is 53.0 Å². The summed E-state index contributed by atoms with van der Waals surface area (Å²) < 4.78 is 3.18. The normalized spacial score (nSPS) is 11.0. The summed E-state index contributed by atoms with van der Waals surface area (Å²) in [5, 5.41) is 4.82. The highest BCUT2D eigenvalue weighted by molar-refractivity contribution is 9.10. The van der Waals surface area contributed by atoms with Gasteiger partial charge in [-0.05, 0) is 56.0 Å². The minimum Gasteiger partial charge on any atom is -0.237 e. The van der Waals surface area contributed by atoms with Crippen LogP contribution in [0, 0.1) is 13.8 Å². The van der Waals surface area contributed by atoms with E-state index < -0.39 is 0 Å². The van der Waals surface area contributed by atoms with Crippen molar-refractivity contribution in [2.24, 2.45) is 0 Å². The molecule has 0 radical (unpaired) electrons. The largest absolute Gasteiger partial charge is 0.237 e. The number of aryl methyl sites for hydroxylation is 2. The second kappa shape index (κ2) is 7.35. The predicted octanol–water partition coefficient (Wildman–Crippen LogP) is 6.26. The van der Waals surface area contributed by atoms with Gasteiger partial charge in [0.05, 0.1) is 11.4 Å². The van der Waals surface area contributed by atoms with Crippen molar-refractivity contribution in [3.05, 3.63) is 70.0 Å². The molecule has 0 unspecified atom stereocenters. The molecule has 124 valence electrons. The maximum atomic E-state index is 4.82. The minimum atomic E-state index is 1.06. The molecule has 2 aromatic carbocycles. The highest BCUT2D eigenvalue weighted by Gasteiger charge is 2.15. The lowest BCUT2D eigenvalue weighted by Gasteiger charge is -2.09. The molecular weight excluding hydrogens is 360 g/mol. The number of halogens is 1. The van der Waals surface area contributed by atoms with Crippen molar-refractivity contribution in [3.63, 3.8) is 0 Å². The van der Waals surface area contributed by atoms with E-state index in [4.69, 9.17) is 5.10 Å². The van der Waals surface area contributed by atoms with E-state index in [-0.39, 0.29) is 0 Å². The Morgan fingerprint density at radius 1 is 1.04 bits per heavy atom. The quantitative estimate of drug-likeness (QED) is 0.508. The van der Waals surface area contributed by atoms with E-state index in [2.05, 4.69) is 83.8 Å². The van der Waals surface area contributed by atoms with Gasteiger partial charge in [-0.15, -0.1) is 0 Å². The average molecular weight is 383 g/mol. The van der Waals surface area contributed by atoms with Gasteiger partial charge in [-0.3, -0.25) is 0 Å². The van der Waals surface area contributed by atoms with E-state index in [1.54, 1.807) is 0 Å². The van der Waals surface area contributed by atoms with Crippen LogP contribution < -0.4 is 0 Å². The van der Waals surface area contributed by atoms with Crippen molar-refractivity contribution in [3.8, 4) is 16.8 Å². The first-order chi connectivity index (χ1) is 11.6. The predicted molar refractivity (Wildman–Crippen MR) is 105 cm³/mol. The van der Waals surface area contributed by atoms with Gasteiger partial charge in [-0.2, -0.15) is 5.10 Å². The third kappa shape index (κ3) is 3.46. The van der Waals surface area contributed by atoms with Gasteiger partial charge in [-0.25, -0.2) is 4.68 Å². The van der Waals surface area contributed by atoms with Crippen LogP contribution in [0.3, 0.4) is 0 Å². The molecule has 3 heteroatoms. The second-order valence-corrected chi connectivity index (χ2v) is 7.16. The van der Waals surface area contributed by atoms with E-state index in [1.165, 1.54) is 35.2 Å². The summed E-state index contributed by atoms with van der Waals surface area (Å²) >= 11 is 3.66. The Balaban J connectivity index is 2.06. The van der Waals surface area contributed by atoms with Crippen molar-refractivity contribution in [2.45, 2.75) is 40.0 Å². The number of hydrogen-bond acceptors (Lipinski definition) is 1.